The molecule has 4 heteroatoms. The second-order valence-electron chi connectivity index (χ2n) is 5.46. The van der Waals surface area contributed by atoms with E-state index >= 15 is 0 Å². The standard InChI is InChI=1S/C16H27FN2O/c1-7-16(3,19(4)5)15(18-8-2)12-10-9-11-13(20-6)14(12)17/h9-11,15,18H,7-8H2,1-6H3. The SMILES string of the molecule is CCNC(c1cccc(OC)c1F)C(C)(CC)N(C)C. The molecule has 0 saturated carbocycles. The highest BCUT2D eigenvalue weighted by atomic mass is 19.1. The van der Waals surface area contributed by atoms with Gasteiger partial charge in [-0.2, -0.15) is 0 Å². The molecule has 0 spiro atoms. The molecule has 0 saturated heterocycles. The van der Waals surface area contributed by atoms with Crippen molar-refractivity contribution in [3.8, 4) is 5.75 Å². The second kappa shape index (κ2) is 7.04. The molecule has 3 nitrogen and oxygen atoms in total. The van der Waals surface area contributed by atoms with Crippen LogP contribution in [0.2, 0.25) is 0 Å². The lowest BCUT2D eigenvalue weighted by molar-refractivity contribution is 0.111. The lowest BCUT2D eigenvalue weighted by Crippen LogP contribution is -2.51. The Morgan fingerprint density at radius 2 is 2.00 bits per heavy atom. The summed E-state index contributed by atoms with van der Waals surface area (Å²) in [6.07, 6.45) is 0.911. The fourth-order valence-electron chi connectivity index (χ4n) is 2.56. The summed E-state index contributed by atoms with van der Waals surface area (Å²) in [5, 5.41) is 3.43. The van der Waals surface area contributed by atoms with Crippen LogP contribution in [0.15, 0.2) is 18.2 Å². The molecule has 1 aromatic rings. The molecule has 0 bridgehead atoms. The van der Waals surface area contributed by atoms with Crippen molar-refractivity contribution in [1.82, 2.24) is 10.2 Å². The van der Waals surface area contributed by atoms with Crippen molar-refractivity contribution >= 4 is 0 Å². The summed E-state index contributed by atoms with van der Waals surface area (Å²) >= 11 is 0. The summed E-state index contributed by atoms with van der Waals surface area (Å²) in [6.45, 7) is 7.10. The van der Waals surface area contributed by atoms with Gasteiger partial charge >= 0.3 is 0 Å². The summed E-state index contributed by atoms with van der Waals surface area (Å²) in [7, 11) is 5.56. The number of ether oxygens (including phenoxy) is 1. The number of likely N-dealkylation sites (N-methyl/N-ethyl adjacent to an activating group) is 2. The third kappa shape index (κ3) is 3.13. The Morgan fingerprint density at radius 1 is 1.35 bits per heavy atom. The van der Waals surface area contributed by atoms with Gasteiger partial charge in [0, 0.05) is 11.1 Å². The van der Waals surface area contributed by atoms with Gasteiger partial charge in [-0.3, -0.25) is 0 Å². The van der Waals surface area contributed by atoms with Crippen LogP contribution >= 0.6 is 0 Å². The second-order valence-corrected chi connectivity index (χ2v) is 5.46. The molecule has 2 atom stereocenters. The van der Waals surface area contributed by atoms with Gasteiger partial charge < -0.3 is 15.0 Å². The molecule has 1 N–H and O–H groups in total. The molecule has 0 heterocycles. The fourth-order valence-corrected chi connectivity index (χ4v) is 2.56. The van der Waals surface area contributed by atoms with Crippen molar-refractivity contribution in [2.75, 3.05) is 27.7 Å². The Balaban J connectivity index is 3.33. The molecule has 2 unspecified atom stereocenters. The monoisotopic (exact) mass is 282 g/mol. The van der Waals surface area contributed by atoms with E-state index in [1.165, 1.54) is 7.11 Å². The molecule has 0 aliphatic heterocycles. The molecule has 114 valence electrons. The van der Waals surface area contributed by atoms with E-state index in [4.69, 9.17) is 4.74 Å². The van der Waals surface area contributed by atoms with Crippen LogP contribution in [-0.2, 0) is 0 Å². The Labute approximate surface area is 122 Å². The first-order valence-corrected chi connectivity index (χ1v) is 7.15. The molecular weight excluding hydrogens is 255 g/mol. The van der Waals surface area contributed by atoms with E-state index in [0.717, 1.165) is 13.0 Å². The number of methoxy groups -OCH3 is 1. The molecule has 0 radical (unpaired) electrons. The Bertz CT molecular complexity index is 436. The van der Waals surface area contributed by atoms with Crippen LogP contribution in [0.4, 0.5) is 4.39 Å². The van der Waals surface area contributed by atoms with Crippen LogP contribution in [0.5, 0.6) is 5.75 Å². The highest BCUT2D eigenvalue weighted by Gasteiger charge is 2.37. The maximum atomic E-state index is 14.6. The highest BCUT2D eigenvalue weighted by Crippen LogP contribution is 2.36. The zero-order valence-electron chi connectivity index (χ0n) is 13.5. The number of nitrogens with one attached hydrogen (secondary N) is 1. The van der Waals surface area contributed by atoms with Crippen molar-refractivity contribution in [3.05, 3.63) is 29.6 Å². The van der Waals surface area contributed by atoms with E-state index in [0.29, 0.717) is 11.3 Å². The van der Waals surface area contributed by atoms with E-state index < -0.39 is 0 Å². The third-order valence-corrected chi connectivity index (χ3v) is 4.29. The maximum absolute atomic E-state index is 14.6. The quantitative estimate of drug-likeness (QED) is 0.831. The van der Waals surface area contributed by atoms with Crippen LogP contribution < -0.4 is 10.1 Å². The van der Waals surface area contributed by atoms with Gasteiger partial charge in [0.25, 0.3) is 0 Å². The number of hydrogen-bond acceptors (Lipinski definition) is 3. The predicted molar refractivity (Wildman–Crippen MR) is 81.8 cm³/mol. The number of halogens is 1. The summed E-state index contributed by atoms with van der Waals surface area (Å²) in [6, 6.07) is 5.24. The van der Waals surface area contributed by atoms with Crippen molar-refractivity contribution in [2.45, 2.75) is 38.8 Å². The van der Waals surface area contributed by atoms with E-state index in [2.05, 4.69) is 24.1 Å². The average Bonchev–Trinajstić information content (AvgIpc) is 2.44. The topological polar surface area (TPSA) is 24.5 Å². The van der Waals surface area contributed by atoms with Crippen LogP contribution in [0.25, 0.3) is 0 Å². The van der Waals surface area contributed by atoms with Gasteiger partial charge in [-0.05, 0) is 40.1 Å². The fraction of sp³-hybridized carbons (Fsp3) is 0.625. The van der Waals surface area contributed by atoms with Crippen LogP contribution in [0, 0.1) is 5.82 Å². The van der Waals surface area contributed by atoms with Gasteiger partial charge in [0.05, 0.1) is 13.2 Å². The maximum Gasteiger partial charge on any atom is 0.169 e. The lowest BCUT2D eigenvalue weighted by Gasteiger charge is -2.43. The summed E-state index contributed by atoms with van der Waals surface area (Å²) < 4.78 is 19.7. The number of benzene rings is 1. The Morgan fingerprint density at radius 3 is 2.45 bits per heavy atom. The number of hydrogen-bond donors (Lipinski definition) is 1. The van der Waals surface area contributed by atoms with E-state index in [1.807, 2.05) is 33.2 Å². The molecular formula is C16H27FN2O. The average molecular weight is 282 g/mol. The van der Waals surface area contributed by atoms with E-state index in [-0.39, 0.29) is 17.4 Å². The number of nitrogens with zero attached hydrogens (tertiary/aromatic N) is 1. The van der Waals surface area contributed by atoms with Gasteiger partial charge in [-0.25, -0.2) is 4.39 Å². The summed E-state index contributed by atoms with van der Waals surface area (Å²) in [5.41, 5.74) is 0.479. The van der Waals surface area contributed by atoms with E-state index in [1.54, 1.807) is 6.07 Å². The zero-order chi connectivity index (χ0) is 15.3. The first-order valence-electron chi connectivity index (χ1n) is 7.15. The van der Waals surface area contributed by atoms with Crippen molar-refractivity contribution in [1.29, 1.82) is 0 Å². The number of rotatable bonds is 7. The molecule has 0 aliphatic carbocycles. The molecule has 0 fully saturated rings. The molecule has 0 aromatic heterocycles. The van der Waals surface area contributed by atoms with Gasteiger partial charge in [0.2, 0.25) is 0 Å². The highest BCUT2D eigenvalue weighted by molar-refractivity contribution is 5.34. The van der Waals surface area contributed by atoms with Crippen molar-refractivity contribution < 1.29 is 9.13 Å². The zero-order valence-corrected chi connectivity index (χ0v) is 13.5. The minimum absolute atomic E-state index is 0.0948. The molecule has 0 aliphatic rings. The van der Waals surface area contributed by atoms with Crippen LogP contribution in [0.1, 0.15) is 38.8 Å². The van der Waals surface area contributed by atoms with Crippen molar-refractivity contribution in [3.63, 3.8) is 0 Å². The molecule has 0 amide bonds. The van der Waals surface area contributed by atoms with Crippen LogP contribution in [0.3, 0.4) is 0 Å². The predicted octanol–water partition coefficient (Wildman–Crippen LogP) is 3.22. The molecule has 1 aromatic carbocycles. The minimum Gasteiger partial charge on any atom is -0.494 e. The smallest absolute Gasteiger partial charge is 0.169 e. The lowest BCUT2D eigenvalue weighted by atomic mass is 9.83. The van der Waals surface area contributed by atoms with Gasteiger partial charge in [-0.15, -0.1) is 0 Å². The van der Waals surface area contributed by atoms with Crippen molar-refractivity contribution in [2.24, 2.45) is 0 Å². The normalized spacial score (nSPS) is 16.0. The van der Waals surface area contributed by atoms with Gasteiger partial charge in [0.15, 0.2) is 11.6 Å². The Kier molecular flexibility index (Phi) is 5.96. The third-order valence-electron chi connectivity index (χ3n) is 4.29. The van der Waals surface area contributed by atoms with Gasteiger partial charge in [0.1, 0.15) is 0 Å². The molecule has 1 rings (SSSR count). The van der Waals surface area contributed by atoms with Crippen LogP contribution in [-0.4, -0.2) is 38.2 Å². The van der Waals surface area contributed by atoms with Gasteiger partial charge in [-0.1, -0.05) is 26.0 Å². The summed E-state index contributed by atoms with van der Waals surface area (Å²) in [4.78, 5) is 2.15. The molecule has 20 heavy (non-hydrogen) atoms. The van der Waals surface area contributed by atoms with E-state index in [9.17, 15) is 4.39 Å². The Hall–Kier alpha value is -1.13. The minimum atomic E-state index is -0.275. The first kappa shape index (κ1) is 16.9. The first-order chi connectivity index (χ1) is 9.42. The summed E-state index contributed by atoms with van der Waals surface area (Å²) in [5.74, 6) is 0.0186. The largest absolute Gasteiger partial charge is 0.494 e.